The first-order valence-corrected chi connectivity index (χ1v) is 12.6. The molecule has 0 N–H and O–H groups in total. The van der Waals surface area contributed by atoms with Crippen molar-refractivity contribution in [1.29, 1.82) is 0 Å². The van der Waals surface area contributed by atoms with Crippen LogP contribution in [-0.4, -0.2) is 34.2 Å². The van der Waals surface area contributed by atoms with E-state index in [1.165, 1.54) is 0 Å². The first-order valence-electron chi connectivity index (χ1n) is 8.09. The van der Waals surface area contributed by atoms with E-state index in [1.807, 2.05) is 35.5 Å². The molecule has 128 valence electrons. The highest BCUT2D eigenvalue weighted by Gasteiger charge is 2.16. The summed E-state index contributed by atoms with van der Waals surface area (Å²) >= 11 is 3.52. The largest absolute Gasteiger partial charge is 0.412 e. The summed E-state index contributed by atoms with van der Waals surface area (Å²) in [5.74, 6) is 0. The van der Waals surface area contributed by atoms with Gasteiger partial charge in [-0.05, 0) is 48.0 Å². The standard InChI is InChI=1S/C17H23BrN4OSi/c1-12-10-14-16(21-11-15(18)13(2)20-21)6-7-19-17(14)22(12)23-8-9-24(3,4)5/h6-7,10-11H,8-9H2,1-5H3. The van der Waals surface area contributed by atoms with Crippen LogP contribution in [0.5, 0.6) is 0 Å². The summed E-state index contributed by atoms with van der Waals surface area (Å²) < 4.78 is 4.73. The molecule has 3 aromatic heterocycles. The number of rotatable bonds is 5. The molecule has 0 fully saturated rings. The molecule has 7 heteroatoms. The van der Waals surface area contributed by atoms with Crippen LogP contribution in [0.2, 0.25) is 25.7 Å². The summed E-state index contributed by atoms with van der Waals surface area (Å²) in [5.41, 5.74) is 3.85. The highest BCUT2D eigenvalue weighted by atomic mass is 79.9. The van der Waals surface area contributed by atoms with E-state index >= 15 is 0 Å². The van der Waals surface area contributed by atoms with E-state index in [0.29, 0.717) is 0 Å². The summed E-state index contributed by atoms with van der Waals surface area (Å²) in [4.78, 5) is 10.6. The van der Waals surface area contributed by atoms with Gasteiger partial charge in [0.05, 0.1) is 21.5 Å². The van der Waals surface area contributed by atoms with E-state index < -0.39 is 8.07 Å². The molecule has 5 nitrogen and oxygen atoms in total. The fourth-order valence-electron chi connectivity index (χ4n) is 2.56. The summed E-state index contributed by atoms with van der Waals surface area (Å²) in [6.45, 7) is 11.8. The molecule has 0 aliphatic heterocycles. The quantitative estimate of drug-likeness (QED) is 0.590. The van der Waals surface area contributed by atoms with Crippen LogP contribution < -0.4 is 4.84 Å². The molecule has 0 amide bonds. The SMILES string of the molecule is Cc1nn(-c2ccnc3c2cc(C)n3OCC[Si](C)(C)C)cc1Br. The highest BCUT2D eigenvalue weighted by Crippen LogP contribution is 2.25. The Hall–Kier alpha value is -1.60. The van der Waals surface area contributed by atoms with E-state index in [1.54, 1.807) is 6.20 Å². The Balaban J connectivity index is 1.98. The molecule has 0 saturated carbocycles. The second-order valence-corrected chi connectivity index (χ2v) is 13.8. The number of halogens is 1. The number of hydrogen-bond acceptors (Lipinski definition) is 3. The fraction of sp³-hybridized carbons (Fsp3) is 0.412. The van der Waals surface area contributed by atoms with Gasteiger partial charge in [0.1, 0.15) is 6.61 Å². The maximum Gasteiger partial charge on any atom is 0.177 e. The lowest BCUT2D eigenvalue weighted by atomic mass is 10.3. The van der Waals surface area contributed by atoms with Crippen molar-refractivity contribution in [2.45, 2.75) is 39.5 Å². The summed E-state index contributed by atoms with van der Waals surface area (Å²) in [5, 5.41) is 5.60. The van der Waals surface area contributed by atoms with E-state index in [4.69, 9.17) is 4.84 Å². The van der Waals surface area contributed by atoms with Crippen molar-refractivity contribution in [3.63, 3.8) is 0 Å². The van der Waals surface area contributed by atoms with Crippen molar-refractivity contribution in [2.24, 2.45) is 0 Å². The third-order valence-corrected chi connectivity index (χ3v) is 6.45. The van der Waals surface area contributed by atoms with Crippen molar-refractivity contribution >= 4 is 35.0 Å². The number of hydrogen-bond donors (Lipinski definition) is 0. The molecule has 0 aromatic carbocycles. The lowest BCUT2D eigenvalue weighted by Crippen LogP contribution is -2.25. The molecular weight excluding hydrogens is 384 g/mol. The van der Waals surface area contributed by atoms with Crippen LogP contribution in [0.4, 0.5) is 0 Å². The predicted octanol–water partition coefficient (Wildman–Crippen LogP) is 4.37. The Morgan fingerprint density at radius 1 is 1.25 bits per heavy atom. The second-order valence-electron chi connectivity index (χ2n) is 7.30. The number of aromatic nitrogens is 4. The van der Waals surface area contributed by atoms with Crippen LogP contribution in [0.25, 0.3) is 16.7 Å². The topological polar surface area (TPSA) is 44.9 Å². The zero-order chi connectivity index (χ0) is 17.5. The summed E-state index contributed by atoms with van der Waals surface area (Å²) in [6.07, 6.45) is 3.78. The van der Waals surface area contributed by atoms with E-state index in [-0.39, 0.29) is 0 Å². The Labute approximate surface area is 151 Å². The van der Waals surface area contributed by atoms with Crippen molar-refractivity contribution in [2.75, 3.05) is 6.61 Å². The first kappa shape index (κ1) is 17.2. The third-order valence-electron chi connectivity index (χ3n) is 3.97. The van der Waals surface area contributed by atoms with Gasteiger partial charge in [-0.3, -0.25) is 0 Å². The summed E-state index contributed by atoms with van der Waals surface area (Å²) in [6, 6.07) is 5.21. The maximum absolute atomic E-state index is 6.04. The van der Waals surface area contributed by atoms with Crippen molar-refractivity contribution in [3.8, 4) is 5.69 Å². The zero-order valence-electron chi connectivity index (χ0n) is 14.8. The van der Waals surface area contributed by atoms with Gasteiger partial charge in [-0.1, -0.05) is 19.6 Å². The Morgan fingerprint density at radius 3 is 2.62 bits per heavy atom. The van der Waals surface area contributed by atoms with Gasteiger partial charge >= 0.3 is 0 Å². The Kier molecular flexibility index (Phi) is 4.57. The predicted molar refractivity (Wildman–Crippen MR) is 104 cm³/mol. The van der Waals surface area contributed by atoms with Gasteiger partial charge in [-0.2, -0.15) is 9.83 Å². The van der Waals surface area contributed by atoms with E-state index in [2.05, 4.69) is 51.7 Å². The molecular formula is C17H23BrN4OSi. The lowest BCUT2D eigenvalue weighted by molar-refractivity contribution is 0.126. The van der Waals surface area contributed by atoms with Crippen LogP contribution in [0, 0.1) is 13.8 Å². The van der Waals surface area contributed by atoms with Gasteiger partial charge < -0.3 is 4.84 Å². The monoisotopic (exact) mass is 406 g/mol. The van der Waals surface area contributed by atoms with Crippen LogP contribution >= 0.6 is 15.9 Å². The van der Waals surface area contributed by atoms with E-state index in [9.17, 15) is 0 Å². The molecule has 24 heavy (non-hydrogen) atoms. The number of pyridine rings is 1. The summed E-state index contributed by atoms with van der Waals surface area (Å²) in [7, 11) is -1.12. The average molecular weight is 407 g/mol. The molecule has 0 aliphatic rings. The van der Waals surface area contributed by atoms with Crippen LogP contribution in [0.3, 0.4) is 0 Å². The minimum atomic E-state index is -1.12. The maximum atomic E-state index is 6.04. The smallest absolute Gasteiger partial charge is 0.177 e. The van der Waals surface area contributed by atoms with Crippen LogP contribution in [-0.2, 0) is 0 Å². The third kappa shape index (κ3) is 3.42. The second kappa shape index (κ2) is 6.37. The molecule has 0 saturated heterocycles. The van der Waals surface area contributed by atoms with Gasteiger partial charge in [0.2, 0.25) is 0 Å². The Bertz CT molecular complexity index is 859. The molecule has 0 bridgehead atoms. The first-order chi connectivity index (χ1) is 11.3. The number of nitrogens with zero attached hydrogens (tertiary/aromatic N) is 4. The van der Waals surface area contributed by atoms with Crippen molar-refractivity contribution in [3.05, 3.63) is 40.4 Å². The molecule has 3 aromatic rings. The number of fused-ring (bicyclic) bond motifs is 1. The zero-order valence-corrected chi connectivity index (χ0v) is 17.4. The van der Waals surface area contributed by atoms with E-state index in [0.717, 1.165) is 45.2 Å². The highest BCUT2D eigenvalue weighted by molar-refractivity contribution is 9.10. The lowest BCUT2D eigenvalue weighted by Gasteiger charge is -2.17. The minimum Gasteiger partial charge on any atom is -0.412 e. The fourth-order valence-corrected chi connectivity index (χ4v) is 3.53. The molecule has 3 rings (SSSR count). The molecule has 0 unspecified atom stereocenters. The number of aryl methyl sites for hydroxylation is 2. The average Bonchev–Trinajstić information content (AvgIpc) is 2.98. The van der Waals surface area contributed by atoms with Gasteiger partial charge in [-0.25, -0.2) is 9.67 Å². The molecule has 0 radical (unpaired) electrons. The van der Waals surface area contributed by atoms with Crippen molar-refractivity contribution < 1.29 is 4.84 Å². The van der Waals surface area contributed by atoms with Gasteiger partial charge in [-0.15, -0.1) is 0 Å². The minimum absolute atomic E-state index is 0.721. The Morgan fingerprint density at radius 2 is 2.00 bits per heavy atom. The molecule has 0 aliphatic carbocycles. The van der Waals surface area contributed by atoms with Gasteiger partial charge in [0.15, 0.2) is 5.65 Å². The van der Waals surface area contributed by atoms with Gasteiger partial charge in [0.25, 0.3) is 0 Å². The van der Waals surface area contributed by atoms with Crippen molar-refractivity contribution in [1.82, 2.24) is 19.5 Å². The normalized spacial score (nSPS) is 12.1. The molecule has 0 atom stereocenters. The van der Waals surface area contributed by atoms with Crippen LogP contribution in [0.1, 0.15) is 11.4 Å². The van der Waals surface area contributed by atoms with Gasteiger partial charge in [0, 0.05) is 25.9 Å². The molecule has 3 heterocycles. The van der Waals surface area contributed by atoms with Crippen LogP contribution in [0.15, 0.2) is 29.0 Å². The molecule has 0 spiro atoms.